The van der Waals surface area contributed by atoms with E-state index in [0.29, 0.717) is 12.0 Å². The van der Waals surface area contributed by atoms with Crippen LogP contribution in [-0.2, 0) is 10.3 Å². The maximum atomic E-state index is 11.1. The van der Waals surface area contributed by atoms with Crippen molar-refractivity contribution in [3.05, 3.63) is 53.8 Å². The van der Waals surface area contributed by atoms with Crippen LogP contribution < -0.4 is 4.74 Å². The molecule has 0 aliphatic heterocycles. The first-order valence-electron chi connectivity index (χ1n) is 6.77. The Bertz CT molecular complexity index is 606. The second-order valence-electron chi connectivity index (χ2n) is 5.35. The maximum Gasteiger partial charge on any atom is 0.159 e. The summed E-state index contributed by atoms with van der Waals surface area (Å²) in [6.45, 7) is 1.94. The molecule has 0 saturated heterocycles. The zero-order valence-electron chi connectivity index (χ0n) is 12.6. The number of terminal acetylenes is 1. The van der Waals surface area contributed by atoms with Crippen molar-refractivity contribution in [1.29, 1.82) is 0 Å². The molecular formula is C18H20O3. The normalized spacial score (nSPS) is 23.7. The SMILES string of the molecule is C#CC(O)(c1ccc(OC)cc1)C1(C)C=CC(OC)=CC1. The molecule has 1 aliphatic rings. The Balaban J connectivity index is 2.39. The minimum atomic E-state index is -1.40. The van der Waals surface area contributed by atoms with Gasteiger partial charge >= 0.3 is 0 Å². The molecule has 1 aromatic carbocycles. The highest BCUT2D eigenvalue weighted by Crippen LogP contribution is 2.46. The molecule has 1 aliphatic carbocycles. The summed E-state index contributed by atoms with van der Waals surface area (Å²) >= 11 is 0. The van der Waals surface area contributed by atoms with E-state index in [1.165, 1.54) is 0 Å². The third-order valence-electron chi connectivity index (χ3n) is 4.12. The molecule has 0 fully saturated rings. The van der Waals surface area contributed by atoms with Crippen LogP contribution in [0, 0.1) is 17.8 Å². The second kappa shape index (κ2) is 5.67. The Morgan fingerprint density at radius 3 is 2.33 bits per heavy atom. The molecule has 2 unspecified atom stereocenters. The molecular weight excluding hydrogens is 264 g/mol. The third-order valence-corrected chi connectivity index (χ3v) is 4.12. The van der Waals surface area contributed by atoms with Gasteiger partial charge in [0, 0.05) is 5.41 Å². The number of hydrogen-bond donors (Lipinski definition) is 1. The van der Waals surface area contributed by atoms with Gasteiger partial charge in [0.2, 0.25) is 0 Å². The van der Waals surface area contributed by atoms with E-state index in [9.17, 15) is 5.11 Å². The van der Waals surface area contributed by atoms with Gasteiger partial charge in [0.05, 0.1) is 14.2 Å². The molecule has 0 amide bonds. The van der Waals surface area contributed by atoms with Crippen molar-refractivity contribution in [2.24, 2.45) is 5.41 Å². The van der Waals surface area contributed by atoms with Crippen molar-refractivity contribution in [1.82, 2.24) is 0 Å². The van der Waals surface area contributed by atoms with Gasteiger partial charge in [-0.3, -0.25) is 0 Å². The molecule has 2 atom stereocenters. The van der Waals surface area contributed by atoms with Crippen molar-refractivity contribution in [3.63, 3.8) is 0 Å². The van der Waals surface area contributed by atoms with Crippen molar-refractivity contribution in [2.45, 2.75) is 18.9 Å². The van der Waals surface area contributed by atoms with Gasteiger partial charge in [-0.15, -0.1) is 6.42 Å². The molecule has 1 aromatic rings. The average molecular weight is 284 g/mol. The lowest BCUT2D eigenvalue weighted by atomic mass is 9.66. The Morgan fingerprint density at radius 1 is 1.24 bits per heavy atom. The van der Waals surface area contributed by atoms with Gasteiger partial charge in [0.15, 0.2) is 5.60 Å². The lowest BCUT2D eigenvalue weighted by molar-refractivity contribution is -0.00210. The molecule has 0 bridgehead atoms. The standard InChI is InChI=1S/C18H20O3/c1-5-18(19,14-6-8-15(20-3)9-7-14)17(2)12-10-16(21-4)11-13-17/h1,6-12,19H,13H2,2-4H3. The summed E-state index contributed by atoms with van der Waals surface area (Å²) < 4.78 is 10.3. The highest BCUT2D eigenvalue weighted by atomic mass is 16.5. The van der Waals surface area contributed by atoms with Gasteiger partial charge in [0.1, 0.15) is 11.5 Å². The van der Waals surface area contributed by atoms with E-state index in [-0.39, 0.29) is 0 Å². The lowest BCUT2D eigenvalue weighted by Crippen LogP contribution is -2.42. The van der Waals surface area contributed by atoms with Crippen molar-refractivity contribution >= 4 is 0 Å². The molecule has 110 valence electrons. The highest BCUT2D eigenvalue weighted by Gasteiger charge is 2.45. The summed E-state index contributed by atoms with van der Waals surface area (Å²) in [5, 5.41) is 11.1. The molecule has 3 heteroatoms. The summed E-state index contributed by atoms with van der Waals surface area (Å²) in [7, 11) is 3.22. The van der Waals surface area contributed by atoms with Gasteiger partial charge in [-0.25, -0.2) is 0 Å². The summed E-state index contributed by atoms with van der Waals surface area (Å²) in [5.41, 5.74) is -1.32. The number of benzene rings is 1. The van der Waals surface area contributed by atoms with Crippen LogP contribution in [0.2, 0.25) is 0 Å². The van der Waals surface area contributed by atoms with Gasteiger partial charge in [-0.2, -0.15) is 0 Å². The van der Waals surface area contributed by atoms with Gasteiger partial charge in [-0.05, 0) is 36.3 Å². The number of allylic oxidation sites excluding steroid dienone is 2. The largest absolute Gasteiger partial charge is 0.497 e. The molecule has 2 rings (SSSR count). The Labute approximate surface area is 125 Å². The number of methoxy groups -OCH3 is 2. The Kier molecular flexibility index (Phi) is 4.11. The van der Waals surface area contributed by atoms with Gasteiger partial charge in [-0.1, -0.05) is 31.1 Å². The second-order valence-corrected chi connectivity index (χ2v) is 5.35. The van der Waals surface area contributed by atoms with Crippen molar-refractivity contribution < 1.29 is 14.6 Å². The minimum absolute atomic E-state index is 0.597. The summed E-state index contributed by atoms with van der Waals surface area (Å²) in [6.07, 6.45) is 12.0. The lowest BCUT2D eigenvalue weighted by Gasteiger charge is -2.41. The fraction of sp³-hybridized carbons (Fsp3) is 0.333. The van der Waals surface area contributed by atoms with E-state index in [2.05, 4.69) is 5.92 Å². The van der Waals surface area contributed by atoms with Crippen LogP contribution in [0.25, 0.3) is 0 Å². The number of aliphatic hydroxyl groups is 1. The highest BCUT2D eigenvalue weighted by molar-refractivity contribution is 5.41. The zero-order valence-corrected chi connectivity index (χ0v) is 12.6. The molecule has 1 N–H and O–H groups in total. The first kappa shape index (κ1) is 15.2. The first-order valence-corrected chi connectivity index (χ1v) is 6.77. The zero-order chi connectivity index (χ0) is 15.5. The van der Waals surface area contributed by atoms with Crippen molar-refractivity contribution in [3.8, 4) is 18.1 Å². The van der Waals surface area contributed by atoms with E-state index in [4.69, 9.17) is 15.9 Å². The monoisotopic (exact) mass is 284 g/mol. The van der Waals surface area contributed by atoms with Crippen LogP contribution in [0.4, 0.5) is 0 Å². The van der Waals surface area contributed by atoms with E-state index >= 15 is 0 Å². The third kappa shape index (κ3) is 2.55. The summed E-state index contributed by atoms with van der Waals surface area (Å²) in [5.74, 6) is 4.07. The van der Waals surface area contributed by atoms with Crippen LogP contribution >= 0.6 is 0 Å². The van der Waals surface area contributed by atoms with Crippen LogP contribution in [0.15, 0.2) is 48.3 Å². The fourth-order valence-electron chi connectivity index (χ4n) is 2.54. The first-order chi connectivity index (χ1) is 9.99. The average Bonchev–Trinajstić information content (AvgIpc) is 2.54. The summed E-state index contributed by atoms with van der Waals surface area (Å²) in [6, 6.07) is 7.19. The molecule has 0 radical (unpaired) electrons. The maximum absolute atomic E-state index is 11.1. The number of rotatable bonds is 4. The molecule has 21 heavy (non-hydrogen) atoms. The quantitative estimate of drug-likeness (QED) is 0.864. The number of ether oxygens (including phenoxy) is 2. The topological polar surface area (TPSA) is 38.7 Å². The predicted molar refractivity (Wildman–Crippen MR) is 82.7 cm³/mol. The van der Waals surface area contributed by atoms with Crippen LogP contribution in [0.5, 0.6) is 5.75 Å². The predicted octanol–water partition coefficient (Wildman–Crippen LogP) is 3.01. The molecule has 0 saturated carbocycles. The minimum Gasteiger partial charge on any atom is -0.497 e. The summed E-state index contributed by atoms with van der Waals surface area (Å²) in [4.78, 5) is 0. The van der Waals surface area contributed by atoms with E-state index in [1.807, 2.05) is 25.2 Å². The van der Waals surface area contributed by atoms with Crippen LogP contribution in [0.3, 0.4) is 0 Å². The van der Waals surface area contributed by atoms with E-state index < -0.39 is 11.0 Å². The Morgan fingerprint density at radius 2 is 1.90 bits per heavy atom. The van der Waals surface area contributed by atoms with Gasteiger partial charge in [0.25, 0.3) is 0 Å². The fourth-order valence-corrected chi connectivity index (χ4v) is 2.54. The van der Waals surface area contributed by atoms with Crippen LogP contribution in [-0.4, -0.2) is 19.3 Å². The van der Waals surface area contributed by atoms with Crippen molar-refractivity contribution in [2.75, 3.05) is 14.2 Å². The van der Waals surface area contributed by atoms with Gasteiger partial charge < -0.3 is 14.6 Å². The van der Waals surface area contributed by atoms with Crippen LogP contribution in [0.1, 0.15) is 18.9 Å². The molecule has 3 nitrogen and oxygen atoms in total. The Hall–Kier alpha value is -2.18. The molecule has 0 aromatic heterocycles. The van der Waals surface area contributed by atoms with E-state index in [0.717, 1.165) is 11.5 Å². The number of hydrogen-bond acceptors (Lipinski definition) is 3. The molecule has 0 heterocycles. The molecule has 0 spiro atoms. The van der Waals surface area contributed by atoms with E-state index in [1.54, 1.807) is 38.5 Å². The smallest absolute Gasteiger partial charge is 0.159 e.